The highest BCUT2D eigenvalue weighted by atomic mass is 32.1. The standard InChI is InChI=1S/C17H20N2OS/c20-15(6-14-10-19-1-2-21-16(19)18-14)17-7-11-3-12(8-17)5-13(4-11)9-17/h1-2,10-13H,3-9H2. The smallest absolute Gasteiger partial charge is 0.193 e. The minimum absolute atomic E-state index is 0.0196. The zero-order valence-corrected chi connectivity index (χ0v) is 12.9. The molecule has 0 spiro atoms. The van der Waals surface area contributed by atoms with Gasteiger partial charge in [-0.2, -0.15) is 0 Å². The molecule has 21 heavy (non-hydrogen) atoms. The Morgan fingerprint density at radius 3 is 2.52 bits per heavy atom. The van der Waals surface area contributed by atoms with Crippen molar-refractivity contribution in [3.8, 4) is 0 Å². The number of nitrogens with zero attached hydrogens (tertiary/aromatic N) is 2. The van der Waals surface area contributed by atoms with Crippen LogP contribution in [0.2, 0.25) is 0 Å². The Morgan fingerprint density at radius 1 is 1.24 bits per heavy atom. The molecule has 0 aliphatic heterocycles. The largest absolute Gasteiger partial charge is 0.299 e. The van der Waals surface area contributed by atoms with Crippen LogP contribution >= 0.6 is 11.3 Å². The summed E-state index contributed by atoms with van der Waals surface area (Å²) in [6, 6.07) is 0. The van der Waals surface area contributed by atoms with E-state index in [1.165, 1.54) is 38.5 Å². The molecule has 4 heteroatoms. The van der Waals surface area contributed by atoms with E-state index < -0.39 is 0 Å². The fourth-order valence-electron chi connectivity index (χ4n) is 5.67. The number of fused-ring (bicyclic) bond motifs is 1. The molecule has 3 nitrogen and oxygen atoms in total. The number of carbonyl (C=O) groups excluding carboxylic acids is 1. The second kappa shape index (κ2) is 4.19. The molecule has 0 aromatic carbocycles. The van der Waals surface area contributed by atoms with Crippen molar-refractivity contribution in [1.29, 1.82) is 0 Å². The van der Waals surface area contributed by atoms with Gasteiger partial charge >= 0.3 is 0 Å². The van der Waals surface area contributed by atoms with Crippen LogP contribution in [0.15, 0.2) is 17.8 Å². The Kier molecular flexibility index (Phi) is 2.47. The minimum Gasteiger partial charge on any atom is -0.299 e. The summed E-state index contributed by atoms with van der Waals surface area (Å²) in [6.45, 7) is 0. The van der Waals surface area contributed by atoms with E-state index in [1.807, 2.05) is 22.2 Å². The summed E-state index contributed by atoms with van der Waals surface area (Å²) < 4.78 is 2.03. The molecule has 0 unspecified atom stereocenters. The number of carbonyl (C=O) groups is 1. The van der Waals surface area contributed by atoms with E-state index in [9.17, 15) is 4.79 Å². The Morgan fingerprint density at radius 2 is 1.90 bits per heavy atom. The third-order valence-electron chi connectivity index (χ3n) is 6.11. The quantitative estimate of drug-likeness (QED) is 0.865. The van der Waals surface area contributed by atoms with Crippen LogP contribution in [-0.2, 0) is 11.2 Å². The average molecular weight is 300 g/mol. The topological polar surface area (TPSA) is 34.4 Å². The molecule has 0 atom stereocenters. The molecule has 2 aromatic heterocycles. The molecule has 4 aliphatic carbocycles. The van der Waals surface area contributed by atoms with Crippen molar-refractivity contribution in [3.05, 3.63) is 23.5 Å². The van der Waals surface area contributed by atoms with Crippen LogP contribution in [0.4, 0.5) is 0 Å². The lowest BCUT2D eigenvalue weighted by molar-refractivity contribution is -0.143. The van der Waals surface area contributed by atoms with E-state index in [-0.39, 0.29) is 5.41 Å². The van der Waals surface area contributed by atoms with E-state index >= 15 is 0 Å². The molecule has 0 saturated heterocycles. The highest BCUT2D eigenvalue weighted by molar-refractivity contribution is 7.15. The van der Waals surface area contributed by atoms with Crippen LogP contribution in [0, 0.1) is 23.2 Å². The third kappa shape index (κ3) is 1.84. The van der Waals surface area contributed by atoms with Gasteiger partial charge in [0.1, 0.15) is 5.78 Å². The molecular formula is C17H20N2OS. The molecular weight excluding hydrogens is 280 g/mol. The van der Waals surface area contributed by atoms with Gasteiger partial charge in [0.05, 0.1) is 12.1 Å². The lowest BCUT2D eigenvalue weighted by Gasteiger charge is -2.56. The van der Waals surface area contributed by atoms with Crippen LogP contribution in [0.3, 0.4) is 0 Å². The van der Waals surface area contributed by atoms with Gasteiger partial charge in [-0.05, 0) is 56.3 Å². The van der Waals surface area contributed by atoms with Crippen molar-refractivity contribution in [2.24, 2.45) is 23.2 Å². The molecule has 2 heterocycles. The highest BCUT2D eigenvalue weighted by Gasteiger charge is 2.54. The molecule has 4 fully saturated rings. The normalized spacial score (nSPS) is 37.4. The number of thiazole rings is 1. The lowest BCUT2D eigenvalue weighted by Crippen LogP contribution is -2.50. The van der Waals surface area contributed by atoms with Crippen LogP contribution in [-0.4, -0.2) is 15.2 Å². The second-order valence-electron chi connectivity index (χ2n) is 7.62. The van der Waals surface area contributed by atoms with Crippen molar-refractivity contribution in [3.63, 3.8) is 0 Å². The number of ketones is 1. The molecule has 6 rings (SSSR count). The molecule has 4 aliphatic rings. The van der Waals surface area contributed by atoms with Crippen LogP contribution in [0.25, 0.3) is 4.96 Å². The molecule has 0 N–H and O–H groups in total. The van der Waals surface area contributed by atoms with Crippen molar-refractivity contribution < 1.29 is 4.79 Å². The number of Topliss-reactive ketones (excluding diaryl/α,β-unsaturated/α-hetero) is 1. The Balaban J connectivity index is 1.42. The molecule has 0 amide bonds. The van der Waals surface area contributed by atoms with Gasteiger partial charge in [0.15, 0.2) is 4.96 Å². The zero-order valence-electron chi connectivity index (χ0n) is 12.1. The number of hydrogen-bond acceptors (Lipinski definition) is 3. The SMILES string of the molecule is O=C(Cc1cn2ccsc2n1)C12CC3CC(CC(C3)C1)C2. The lowest BCUT2D eigenvalue weighted by atomic mass is 9.48. The Labute approximate surface area is 128 Å². The molecule has 4 bridgehead atoms. The van der Waals surface area contributed by atoms with Crippen molar-refractivity contribution >= 4 is 22.1 Å². The van der Waals surface area contributed by atoms with Crippen molar-refractivity contribution in [2.45, 2.75) is 44.9 Å². The first-order chi connectivity index (χ1) is 10.2. The molecule has 0 radical (unpaired) electrons. The minimum atomic E-state index is 0.0196. The Hall–Kier alpha value is -1.16. The zero-order chi connectivity index (χ0) is 14.0. The Bertz CT molecular complexity index is 649. The third-order valence-corrected chi connectivity index (χ3v) is 6.89. The summed E-state index contributed by atoms with van der Waals surface area (Å²) in [7, 11) is 0. The van der Waals surface area contributed by atoms with Gasteiger partial charge < -0.3 is 0 Å². The van der Waals surface area contributed by atoms with Gasteiger partial charge in [0.2, 0.25) is 0 Å². The summed E-state index contributed by atoms with van der Waals surface area (Å²) in [4.78, 5) is 18.6. The number of aromatic nitrogens is 2. The predicted octanol–water partition coefficient (Wildman–Crippen LogP) is 3.72. The number of imidazole rings is 1. The predicted molar refractivity (Wildman–Crippen MR) is 82.4 cm³/mol. The van der Waals surface area contributed by atoms with Gasteiger partial charge in [-0.3, -0.25) is 9.20 Å². The summed E-state index contributed by atoms with van der Waals surface area (Å²) in [5.74, 6) is 2.99. The van der Waals surface area contributed by atoms with Gasteiger partial charge in [0.25, 0.3) is 0 Å². The number of hydrogen-bond donors (Lipinski definition) is 0. The maximum atomic E-state index is 13.0. The van der Waals surface area contributed by atoms with Crippen LogP contribution < -0.4 is 0 Å². The first kappa shape index (κ1) is 12.4. The van der Waals surface area contributed by atoms with E-state index in [1.54, 1.807) is 11.3 Å². The van der Waals surface area contributed by atoms with Crippen LogP contribution in [0.1, 0.15) is 44.2 Å². The first-order valence-electron chi connectivity index (χ1n) is 8.15. The van der Waals surface area contributed by atoms with Crippen molar-refractivity contribution in [1.82, 2.24) is 9.38 Å². The van der Waals surface area contributed by atoms with E-state index in [0.29, 0.717) is 12.2 Å². The summed E-state index contributed by atoms with van der Waals surface area (Å²) >= 11 is 1.64. The highest BCUT2D eigenvalue weighted by Crippen LogP contribution is 2.60. The summed E-state index contributed by atoms with van der Waals surface area (Å²) in [6.07, 6.45) is 12.3. The van der Waals surface area contributed by atoms with Crippen molar-refractivity contribution in [2.75, 3.05) is 0 Å². The molecule has 2 aromatic rings. The maximum Gasteiger partial charge on any atom is 0.193 e. The van der Waals surface area contributed by atoms with E-state index in [4.69, 9.17) is 0 Å². The van der Waals surface area contributed by atoms with Gasteiger partial charge in [-0.1, -0.05) is 0 Å². The first-order valence-corrected chi connectivity index (χ1v) is 9.02. The van der Waals surface area contributed by atoms with Gasteiger partial charge in [-0.15, -0.1) is 11.3 Å². The maximum absolute atomic E-state index is 13.0. The van der Waals surface area contributed by atoms with E-state index in [2.05, 4.69) is 4.98 Å². The monoisotopic (exact) mass is 300 g/mol. The van der Waals surface area contributed by atoms with Gasteiger partial charge in [-0.25, -0.2) is 4.98 Å². The van der Waals surface area contributed by atoms with Crippen LogP contribution in [0.5, 0.6) is 0 Å². The fraction of sp³-hybridized carbons (Fsp3) is 0.647. The molecule has 110 valence electrons. The van der Waals surface area contributed by atoms with Gasteiger partial charge in [0, 0.05) is 23.2 Å². The average Bonchev–Trinajstić information content (AvgIpc) is 2.97. The van der Waals surface area contributed by atoms with E-state index in [0.717, 1.165) is 28.4 Å². The second-order valence-corrected chi connectivity index (χ2v) is 8.50. The molecule has 4 saturated carbocycles. The summed E-state index contributed by atoms with van der Waals surface area (Å²) in [5, 5.41) is 2.03. The number of rotatable bonds is 3. The fourth-order valence-corrected chi connectivity index (χ4v) is 6.38. The summed E-state index contributed by atoms with van der Waals surface area (Å²) in [5.41, 5.74) is 0.980.